The molecule has 2 rings (SSSR count). The molecule has 0 amide bonds. The summed E-state index contributed by atoms with van der Waals surface area (Å²) in [5.74, 6) is -1.06. The molecule has 2 aromatic rings. The Hall–Kier alpha value is -1.07. The molecular formula is C15H15ClNNaO3. The molecule has 1 N–H and O–H groups in total. The van der Waals surface area contributed by atoms with Crippen molar-refractivity contribution in [1.29, 1.82) is 0 Å². The quantitative estimate of drug-likeness (QED) is 0.695. The number of aryl methyl sites for hydroxylation is 1. The third kappa shape index (κ3) is 3.98. The molecule has 1 heterocycles. The normalized spacial score (nSPS) is 10.0. The number of aliphatic carboxylic acids is 1. The summed E-state index contributed by atoms with van der Waals surface area (Å²) in [6.07, 6.45) is -0.106. The third-order valence-electron chi connectivity index (χ3n) is 3.18. The summed E-state index contributed by atoms with van der Waals surface area (Å²) in [6, 6.07) is 8.37. The van der Waals surface area contributed by atoms with Crippen LogP contribution in [-0.2, 0) is 18.3 Å². The zero-order valence-corrected chi connectivity index (χ0v) is 11.9. The molecule has 1 aromatic heterocycles. The molecule has 0 saturated carbocycles. The van der Waals surface area contributed by atoms with Gasteiger partial charge < -0.3 is 9.67 Å². The number of carboxylic acids is 1. The van der Waals surface area contributed by atoms with E-state index in [1.54, 1.807) is 48.9 Å². The first-order valence-corrected chi connectivity index (χ1v) is 6.45. The second-order valence-electron chi connectivity index (χ2n) is 4.63. The first-order chi connectivity index (χ1) is 9.40. The van der Waals surface area contributed by atoms with E-state index in [2.05, 4.69) is 0 Å². The Kier molecular flexibility index (Phi) is 6.23. The van der Waals surface area contributed by atoms with Crippen LogP contribution in [0.15, 0.2) is 30.3 Å². The number of benzene rings is 1. The van der Waals surface area contributed by atoms with Crippen LogP contribution in [0.25, 0.3) is 0 Å². The van der Waals surface area contributed by atoms with Crippen molar-refractivity contribution in [2.24, 2.45) is 7.05 Å². The molecule has 106 valence electrons. The Morgan fingerprint density at radius 1 is 1.24 bits per heavy atom. The average Bonchev–Trinajstić information content (AvgIpc) is 2.64. The van der Waals surface area contributed by atoms with Crippen molar-refractivity contribution >= 4 is 52.9 Å². The fraction of sp³-hybridized carbons (Fsp3) is 0.200. The summed E-state index contributed by atoms with van der Waals surface area (Å²) in [5, 5.41) is 9.43. The Morgan fingerprint density at radius 2 is 1.81 bits per heavy atom. The zero-order chi connectivity index (χ0) is 14.9. The van der Waals surface area contributed by atoms with Crippen molar-refractivity contribution < 1.29 is 14.7 Å². The minimum absolute atomic E-state index is 0. The van der Waals surface area contributed by atoms with Gasteiger partial charge in [0.2, 0.25) is 5.78 Å². The van der Waals surface area contributed by atoms with Gasteiger partial charge in [-0.3, -0.25) is 9.59 Å². The van der Waals surface area contributed by atoms with Crippen LogP contribution in [0.1, 0.15) is 27.3 Å². The van der Waals surface area contributed by atoms with Crippen LogP contribution in [0.5, 0.6) is 0 Å². The monoisotopic (exact) mass is 315 g/mol. The third-order valence-corrected chi connectivity index (χ3v) is 3.43. The van der Waals surface area contributed by atoms with Gasteiger partial charge in [0.15, 0.2) is 0 Å². The maximum atomic E-state index is 12.5. The van der Waals surface area contributed by atoms with Crippen LogP contribution >= 0.6 is 11.6 Å². The maximum absolute atomic E-state index is 12.5. The van der Waals surface area contributed by atoms with E-state index < -0.39 is 5.97 Å². The second kappa shape index (κ2) is 7.27. The van der Waals surface area contributed by atoms with Crippen molar-refractivity contribution in [1.82, 2.24) is 4.57 Å². The van der Waals surface area contributed by atoms with Crippen molar-refractivity contribution in [3.8, 4) is 0 Å². The van der Waals surface area contributed by atoms with Gasteiger partial charge in [-0.15, -0.1) is 0 Å². The Labute approximate surface area is 150 Å². The van der Waals surface area contributed by atoms with Gasteiger partial charge in [-0.05, 0) is 42.8 Å². The van der Waals surface area contributed by atoms with Crippen LogP contribution < -0.4 is 0 Å². The van der Waals surface area contributed by atoms with Gasteiger partial charge in [-0.2, -0.15) is 0 Å². The van der Waals surface area contributed by atoms with Crippen LogP contribution in [0.2, 0.25) is 5.02 Å². The topological polar surface area (TPSA) is 59.3 Å². The predicted molar refractivity (Wildman–Crippen MR) is 83.5 cm³/mol. The number of carbonyl (C=O) groups excluding carboxylic acids is 1. The van der Waals surface area contributed by atoms with E-state index in [9.17, 15) is 9.59 Å². The number of carboxylic acid groups (broad SMARTS) is 1. The number of halogens is 1. The van der Waals surface area contributed by atoms with Crippen LogP contribution in [-0.4, -0.2) is 51.0 Å². The van der Waals surface area contributed by atoms with Gasteiger partial charge in [0.05, 0.1) is 12.1 Å². The van der Waals surface area contributed by atoms with E-state index in [0.717, 1.165) is 5.56 Å². The van der Waals surface area contributed by atoms with E-state index in [1.807, 2.05) is 0 Å². The van der Waals surface area contributed by atoms with Gasteiger partial charge in [-0.1, -0.05) is 11.6 Å². The zero-order valence-electron chi connectivity index (χ0n) is 11.2. The van der Waals surface area contributed by atoms with E-state index >= 15 is 0 Å². The fourth-order valence-corrected chi connectivity index (χ4v) is 2.34. The molecule has 0 aliphatic heterocycles. The number of carbonyl (C=O) groups is 2. The number of ketones is 1. The first-order valence-electron chi connectivity index (χ1n) is 6.07. The molecule has 0 aliphatic rings. The van der Waals surface area contributed by atoms with Crippen molar-refractivity contribution in [3.05, 3.63) is 57.9 Å². The van der Waals surface area contributed by atoms with E-state index in [0.29, 0.717) is 22.0 Å². The van der Waals surface area contributed by atoms with E-state index in [1.165, 1.54) is 0 Å². The summed E-state index contributed by atoms with van der Waals surface area (Å²) in [7, 11) is 1.70. The molecule has 0 spiro atoms. The van der Waals surface area contributed by atoms with Gasteiger partial charge in [0.1, 0.15) is 0 Å². The molecule has 0 radical (unpaired) electrons. The van der Waals surface area contributed by atoms with Gasteiger partial charge in [0, 0.05) is 23.3 Å². The fourth-order valence-electron chi connectivity index (χ4n) is 2.22. The van der Waals surface area contributed by atoms with Crippen LogP contribution in [0.4, 0.5) is 0 Å². The van der Waals surface area contributed by atoms with E-state index in [4.69, 9.17) is 16.7 Å². The molecule has 1 aromatic carbocycles. The number of hydrogen-bond donors (Lipinski definition) is 1. The summed E-state index contributed by atoms with van der Waals surface area (Å²) in [6.45, 7) is 1.80. The molecule has 0 fully saturated rings. The number of hydrogen-bond acceptors (Lipinski definition) is 2. The molecule has 6 heteroatoms. The second-order valence-corrected chi connectivity index (χ2v) is 5.07. The number of rotatable bonds is 4. The molecule has 0 saturated heterocycles. The van der Waals surface area contributed by atoms with E-state index in [-0.39, 0.29) is 41.8 Å². The van der Waals surface area contributed by atoms with Gasteiger partial charge in [0.25, 0.3) is 0 Å². The number of aromatic nitrogens is 1. The summed E-state index contributed by atoms with van der Waals surface area (Å²) >= 11 is 5.80. The molecular weight excluding hydrogens is 301 g/mol. The van der Waals surface area contributed by atoms with Crippen LogP contribution in [0, 0.1) is 6.92 Å². The van der Waals surface area contributed by atoms with Gasteiger partial charge >= 0.3 is 35.5 Å². The summed E-state index contributed by atoms with van der Waals surface area (Å²) in [4.78, 5) is 23.3. The Bertz CT molecular complexity index is 677. The summed E-state index contributed by atoms with van der Waals surface area (Å²) in [5.41, 5.74) is 2.40. The van der Waals surface area contributed by atoms with Crippen LogP contribution in [0.3, 0.4) is 0 Å². The molecule has 0 aliphatic carbocycles. The SMILES string of the molecule is Cc1cc(CC(=O)O)n(C)c1C(=O)c1ccc(Cl)cc1.[NaH]. The molecule has 0 bridgehead atoms. The number of nitrogens with zero attached hydrogens (tertiary/aromatic N) is 1. The van der Waals surface area contributed by atoms with Crippen molar-refractivity contribution in [2.45, 2.75) is 13.3 Å². The average molecular weight is 316 g/mol. The molecule has 0 atom stereocenters. The predicted octanol–water partition coefficient (Wildman–Crippen LogP) is 2.20. The Morgan fingerprint density at radius 3 is 2.33 bits per heavy atom. The minimum atomic E-state index is -0.920. The van der Waals surface area contributed by atoms with Gasteiger partial charge in [-0.25, -0.2) is 0 Å². The Balaban J connectivity index is 0.00000220. The first kappa shape index (κ1) is 18.0. The molecule has 4 nitrogen and oxygen atoms in total. The molecule has 21 heavy (non-hydrogen) atoms. The van der Waals surface area contributed by atoms with Crippen molar-refractivity contribution in [3.63, 3.8) is 0 Å². The molecule has 0 unspecified atom stereocenters. The van der Waals surface area contributed by atoms with Crippen molar-refractivity contribution in [2.75, 3.05) is 0 Å². The standard InChI is InChI=1S/C15H14ClNO3.Na.H/c1-9-7-12(8-13(18)19)17(2)14(9)15(20)10-3-5-11(16)6-4-10;;/h3-7H,8H2,1-2H3,(H,18,19);;. The summed E-state index contributed by atoms with van der Waals surface area (Å²) < 4.78 is 1.64.